The van der Waals surface area contributed by atoms with Gasteiger partial charge in [-0.15, -0.1) is 11.8 Å². The summed E-state index contributed by atoms with van der Waals surface area (Å²) in [6.45, 7) is 3.12. The second-order valence-electron chi connectivity index (χ2n) is 7.69. The molecule has 0 radical (unpaired) electrons. The van der Waals surface area contributed by atoms with Crippen LogP contribution in [-0.2, 0) is 10.5 Å². The number of anilines is 2. The Bertz CT molecular complexity index is 1240. The molecular formula is C25H22N6OS. The van der Waals surface area contributed by atoms with Crippen molar-refractivity contribution in [1.82, 2.24) is 9.97 Å². The second-order valence-corrected chi connectivity index (χ2v) is 8.66. The lowest BCUT2D eigenvalue weighted by Crippen LogP contribution is -2.21. The van der Waals surface area contributed by atoms with Crippen molar-refractivity contribution in [1.29, 1.82) is 10.5 Å². The smallest absolute Gasteiger partial charge is 0.221 e. The predicted molar refractivity (Wildman–Crippen MR) is 129 cm³/mol. The number of benzene rings is 1. The zero-order chi connectivity index (χ0) is 23.2. The first-order chi connectivity index (χ1) is 16.1. The summed E-state index contributed by atoms with van der Waals surface area (Å²) >= 11 is 1.47. The van der Waals surface area contributed by atoms with Gasteiger partial charge in [0.1, 0.15) is 28.5 Å². The lowest BCUT2D eigenvalue weighted by Gasteiger charge is -2.22. The Morgan fingerprint density at radius 3 is 2.45 bits per heavy atom. The number of hydrogen-bond donors (Lipinski definition) is 1. The third-order valence-electron chi connectivity index (χ3n) is 5.37. The van der Waals surface area contributed by atoms with E-state index in [1.807, 2.05) is 24.3 Å². The fraction of sp³-hybridized carbons (Fsp3) is 0.240. The van der Waals surface area contributed by atoms with Crippen molar-refractivity contribution >= 4 is 29.2 Å². The molecule has 1 amide bonds. The molecule has 0 aliphatic carbocycles. The van der Waals surface area contributed by atoms with E-state index in [2.05, 4.69) is 27.3 Å². The molecule has 0 atom stereocenters. The highest BCUT2D eigenvalue weighted by molar-refractivity contribution is 7.98. The van der Waals surface area contributed by atoms with Crippen LogP contribution in [0.5, 0.6) is 0 Å². The molecule has 3 aromatic rings. The molecule has 7 nitrogen and oxygen atoms in total. The number of hydrogen-bond acceptors (Lipinski definition) is 7. The molecule has 33 heavy (non-hydrogen) atoms. The van der Waals surface area contributed by atoms with Crippen LogP contribution in [0.2, 0.25) is 0 Å². The highest BCUT2D eigenvalue weighted by atomic mass is 32.2. The van der Waals surface area contributed by atoms with Gasteiger partial charge < -0.3 is 10.2 Å². The Labute approximate surface area is 197 Å². The highest BCUT2D eigenvalue weighted by Gasteiger charge is 2.26. The first-order valence-electron chi connectivity index (χ1n) is 10.6. The average molecular weight is 455 g/mol. The van der Waals surface area contributed by atoms with E-state index in [4.69, 9.17) is 4.98 Å². The van der Waals surface area contributed by atoms with Crippen molar-refractivity contribution in [2.45, 2.75) is 30.5 Å². The summed E-state index contributed by atoms with van der Waals surface area (Å²) in [4.78, 5) is 22.5. The van der Waals surface area contributed by atoms with Crippen molar-refractivity contribution < 1.29 is 4.79 Å². The first kappa shape index (κ1) is 22.3. The molecule has 1 aliphatic heterocycles. The van der Waals surface area contributed by atoms with Gasteiger partial charge >= 0.3 is 0 Å². The van der Waals surface area contributed by atoms with Crippen LogP contribution in [0.15, 0.2) is 53.8 Å². The number of pyridine rings is 2. The van der Waals surface area contributed by atoms with Gasteiger partial charge in [-0.05, 0) is 42.2 Å². The molecule has 0 spiro atoms. The number of carbonyl (C=O) groups is 1. The molecular weight excluding hydrogens is 432 g/mol. The third kappa shape index (κ3) is 4.97. The van der Waals surface area contributed by atoms with Crippen molar-refractivity contribution in [3.8, 4) is 23.3 Å². The molecule has 3 heterocycles. The fourth-order valence-corrected chi connectivity index (χ4v) is 4.79. The summed E-state index contributed by atoms with van der Waals surface area (Å²) in [6.07, 6.45) is 5.62. The van der Waals surface area contributed by atoms with Crippen LogP contribution < -0.4 is 10.2 Å². The monoisotopic (exact) mass is 454 g/mol. The highest BCUT2D eigenvalue weighted by Crippen LogP contribution is 2.39. The van der Waals surface area contributed by atoms with Crippen LogP contribution in [0.3, 0.4) is 0 Å². The number of amides is 1. The standard InChI is InChI=1S/C25H22N6OS/c1-17(32)29-20-8-6-19(7-9-20)23-21(13-26)24(31-11-2-3-12-31)30-25(22(23)14-27)33-16-18-5-4-10-28-15-18/h4-10,15H,2-3,11-12,16H2,1H3,(H,29,32). The van der Waals surface area contributed by atoms with E-state index in [9.17, 15) is 15.3 Å². The zero-order valence-corrected chi connectivity index (χ0v) is 19.0. The first-order valence-corrected chi connectivity index (χ1v) is 11.6. The Hall–Kier alpha value is -3.88. The molecule has 1 saturated heterocycles. The molecule has 1 aromatic carbocycles. The summed E-state index contributed by atoms with van der Waals surface area (Å²) in [5.41, 5.74) is 3.80. The van der Waals surface area contributed by atoms with E-state index < -0.39 is 0 Å². The minimum Gasteiger partial charge on any atom is -0.355 e. The van der Waals surface area contributed by atoms with Crippen LogP contribution in [0.25, 0.3) is 11.1 Å². The van der Waals surface area contributed by atoms with E-state index in [1.54, 1.807) is 24.5 Å². The van der Waals surface area contributed by atoms with E-state index >= 15 is 0 Å². The molecule has 0 saturated carbocycles. The van der Waals surface area contributed by atoms with E-state index in [0.29, 0.717) is 39.0 Å². The molecule has 1 fully saturated rings. The normalized spacial score (nSPS) is 12.8. The number of nitrogens with zero attached hydrogens (tertiary/aromatic N) is 5. The average Bonchev–Trinajstić information content (AvgIpc) is 3.37. The minimum atomic E-state index is -0.160. The lowest BCUT2D eigenvalue weighted by molar-refractivity contribution is -0.114. The van der Waals surface area contributed by atoms with Crippen LogP contribution >= 0.6 is 11.8 Å². The molecule has 0 unspecified atom stereocenters. The van der Waals surface area contributed by atoms with Gasteiger partial charge in [-0.2, -0.15) is 10.5 Å². The number of nitrogens with one attached hydrogen (secondary N) is 1. The van der Waals surface area contributed by atoms with E-state index in [-0.39, 0.29) is 5.91 Å². The van der Waals surface area contributed by atoms with Crippen molar-refractivity contribution in [2.75, 3.05) is 23.3 Å². The third-order valence-corrected chi connectivity index (χ3v) is 6.41. The van der Waals surface area contributed by atoms with Gasteiger partial charge in [0.15, 0.2) is 0 Å². The van der Waals surface area contributed by atoms with Crippen LogP contribution in [-0.4, -0.2) is 29.0 Å². The molecule has 0 bridgehead atoms. The Kier molecular flexibility index (Phi) is 6.87. The fourth-order valence-electron chi connectivity index (χ4n) is 3.87. The Morgan fingerprint density at radius 1 is 1.12 bits per heavy atom. The summed E-state index contributed by atoms with van der Waals surface area (Å²) in [5, 5.41) is 23.6. The van der Waals surface area contributed by atoms with Gasteiger partial charge in [0.25, 0.3) is 0 Å². The molecule has 1 N–H and O–H groups in total. The number of thioether (sulfide) groups is 1. The van der Waals surface area contributed by atoms with Crippen LogP contribution in [0.1, 0.15) is 36.5 Å². The quantitative estimate of drug-likeness (QED) is 0.536. The SMILES string of the molecule is CC(=O)Nc1ccc(-c2c(C#N)c(SCc3cccnc3)nc(N3CCCC3)c2C#N)cc1. The summed E-state index contributed by atoms with van der Waals surface area (Å²) in [6, 6.07) is 15.7. The lowest BCUT2D eigenvalue weighted by atomic mass is 9.96. The maximum atomic E-state index is 11.4. The summed E-state index contributed by atoms with van der Waals surface area (Å²) < 4.78 is 0. The maximum absolute atomic E-state index is 11.4. The summed E-state index contributed by atoms with van der Waals surface area (Å²) in [7, 11) is 0. The minimum absolute atomic E-state index is 0.160. The number of aromatic nitrogens is 2. The van der Waals surface area contributed by atoms with Gasteiger partial charge in [-0.25, -0.2) is 4.98 Å². The van der Waals surface area contributed by atoms with E-state index in [1.165, 1.54) is 18.7 Å². The second kappa shape index (κ2) is 10.2. The largest absolute Gasteiger partial charge is 0.355 e. The Balaban J connectivity index is 1.83. The molecule has 8 heteroatoms. The summed E-state index contributed by atoms with van der Waals surface area (Å²) in [5.74, 6) is 1.08. The maximum Gasteiger partial charge on any atom is 0.221 e. The molecule has 164 valence electrons. The molecule has 1 aliphatic rings. The van der Waals surface area contributed by atoms with Crippen molar-refractivity contribution in [3.63, 3.8) is 0 Å². The van der Waals surface area contributed by atoms with Gasteiger partial charge in [0.05, 0.1) is 5.56 Å². The zero-order valence-electron chi connectivity index (χ0n) is 18.2. The van der Waals surface area contributed by atoms with Crippen LogP contribution in [0, 0.1) is 22.7 Å². The van der Waals surface area contributed by atoms with Gasteiger partial charge in [-0.1, -0.05) is 18.2 Å². The van der Waals surface area contributed by atoms with E-state index in [0.717, 1.165) is 37.1 Å². The molecule has 2 aromatic heterocycles. The van der Waals surface area contributed by atoms with Crippen molar-refractivity contribution in [3.05, 3.63) is 65.5 Å². The molecule has 4 rings (SSSR count). The number of rotatable bonds is 6. The van der Waals surface area contributed by atoms with Gasteiger partial charge in [0.2, 0.25) is 5.91 Å². The van der Waals surface area contributed by atoms with Crippen LogP contribution in [0.4, 0.5) is 11.5 Å². The number of nitriles is 2. The van der Waals surface area contributed by atoms with Gasteiger partial charge in [-0.3, -0.25) is 9.78 Å². The van der Waals surface area contributed by atoms with Crippen molar-refractivity contribution in [2.24, 2.45) is 0 Å². The topological polar surface area (TPSA) is 106 Å². The number of carbonyl (C=O) groups excluding carboxylic acids is 1. The predicted octanol–water partition coefficient (Wildman–Crippen LogP) is 4.74. The van der Waals surface area contributed by atoms with Gasteiger partial charge in [0, 0.05) is 49.4 Å². The Morgan fingerprint density at radius 2 is 1.85 bits per heavy atom.